The Labute approximate surface area is 110 Å². The third-order valence-electron chi connectivity index (χ3n) is 2.91. The molecule has 0 bridgehead atoms. The molecule has 2 N–H and O–H groups in total. The van der Waals surface area contributed by atoms with Crippen molar-refractivity contribution in [3.8, 4) is 11.6 Å². The van der Waals surface area contributed by atoms with Gasteiger partial charge in [0.05, 0.1) is 11.7 Å². The van der Waals surface area contributed by atoms with Crippen LogP contribution in [0.4, 0.5) is 5.69 Å². The lowest BCUT2D eigenvalue weighted by Gasteiger charge is -2.07. The molecule has 0 saturated carbocycles. The van der Waals surface area contributed by atoms with Crippen LogP contribution in [0.15, 0.2) is 48.8 Å². The fourth-order valence-electron chi connectivity index (χ4n) is 1.80. The topological polar surface area (TPSA) is 61.0 Å². The van der Waals surface area contributed by atoms with Crippen LogP contribution in [0, 0.1) is 6.92 Å². The monoisotopic (exact) mass is 251 g/mol. The molecule has 0 radical (unpaired) electrons. The average Bonchev–Trinajstić information content (AvgIpc) is 2.43. The van der Waals surface area contributed by atoms with Crippen molar-refractivity contribution in [1.82, 2.24) is 9.97 Å². The van der Waals surface area contributed by atoms with Crippen molar-refractivity contribution in [1.29, 1.82) is 0 Å². The standard InChI is InChI=1S/C15H13N3O/c1-10-8-18-15(7-13(10)16)19-12-6-11-4-2-3-5-14(11)17-9-12/h2-9H,1H3,(H2,16,18). The van der Waals surface area contributed by atoms with Crippen LogP contribution in [0.25, 0.3) is 10.9 Å². The van der Waals surface area contributed by atoms with Crippen molar-refractivity contribution in [3.63, 3.8) is 0 Å². The normalized spacial score (nSPS) is 10.6. The van der Waals surface area contributed by atoms with Gasteiger partial charge in [0.15, 0.2) is 0 Å². The molecular weight excluding hydrogens is 238 g/mol. The van der Waals surface area contributed by atoms with E-state index in [-0.39, 0.29) is 0 Å². The maximum atomic E-state index is 5.83. The fourth-order valence-corrected chi connectivity index (χ4v) is 1.80. The molecule has 0 atom stereocenters. The van der Waals surface area contributed by atoms with Crippen molar-refractivity contribution in [2.75, 3.05) is 5.73 Å². The zero-order chi connectivity index (χ0) is 13.2. The molecule has 0 aliphatic heterocycles. The van der Waals surface area contributed by atoms with Crippen molar-refractivity contribution in [3.05, 3.63) is 54.4 Å². The first kappa shape index (κ1) is 11.5. The van der Waals surface area contributed by atoms with Gasteiger partial charge in [-0.15, -0.1) is 0 Å². The number of aromatic nitrogens is 2. The number of pyridine rings is 2. The van der Waals surface area contributed by atoms with Crippen LogP contribution in [-0.2, 0) is 0 Å². The van der Waals surface area contributed by atoms with Crippen molar-refractivity contribution in [2.24, 2.45) is 0 Å². The minimum Gasteiger partial charge on any atom is -0.437 e. The molecule has 2 heterocycles. The van der Waals surface area contributed by atoms with Crippen LogP contribution in [0.1, 0.15) is 5.56 Å². The molecule has 0 aliphatic carbocycles. The van der Waals surface area contributed by atoms with E-state index in [4.69, 9.17) is 10.5 Å². The number of para-hydroxylation sites is 1. The van der Waals surface area contributed by atoms with Crippen LogP contribution in [0.3, 0.4) is 0 Å². The van der Waals surface area contributed by atoms with Gasteiger partial charge in [-0.1, -0.05) is 18.2 Å². The van der Waals surface area contributed by atoms with Crippen molar-refractivity contribution < 1.29 is 4.74 Å². The van der Waals surface area contributed by atoms with Crippen LogP contribution in [0.5, 0.6) is 11.6 Å². The molecule has 3 aromatic rings. The lowest BCUT2D eigenvalue weighted by Crippen LogP contribution is -1.94. The zero-order valence-corrected chi connectivity index (χ0v) is 10.5. The Morgan fingerprint density at radius 2 is 1.89 bits per heavy atom. The molecule has 3 rings (SSSR count). The number of hydrogen-bond acceptors (Lipinski definition) is 4. The smallest absolute Gasteiger partial charge is 0.221 e. The minimum absolute atomic E-state index is 0.472. The number of nitrogen functional groups attached to an aromatic ring is 1. The Bertz CT molecular complexity index is 740. The third kappa shape index (κ3) is 2.33. The first-order valence-electron chi connectivity index (χ1n) is 5.97. The molecule has 0 spiro atoms. The molecule has 0 aliphatic rings. The number of nitrogens with two attached hydrogens (primary N) is 1. The van der Waals surface area contributed by atoms with Gasteiger partial charge in [-0.2, -0.15) is 0 Å². The maximum Gasteiger partial charge on any atom is 0.221 e. The van der Waals surface area contributed by atoms with Gasteiger partial charge in [-0.25, -0.2) is 4.98 Å². The lowest BCUT2D eigenvalue weighted by atomic mass is 10.2. The van der Waals surface area contributed by atoms with E-state index < -0.39 is 0 Å². The summed E-state index contributed by atoms with van der Waals surface area (Å²) in [6.07, 6.45) is 3.37. The highest BCUT2D eigenvalue weighted by molar-refractivity contribution is 5.79. The summed E-state index contributed by atoms with van der Waals surface area (Å²) in [5.74, 6) is 1.12. The predicted octanol–water partition coefficient (Wildman–Crippen LogP) is 3.31. The van der Waals surface area contributed by atoms with Gasteiger partial charge in [0.2, 0.25) is 5.88 Å². The van der Waals surface area contributed by atoms with Gasteiger partial charge in [0, 0.05) is 23.3 Å². The van der Waals surface area contributed by atoms with Crippen LogP contribution < -0.4 is 10.5 Å². The molecule has 0 saturated heterocycles. The summed E-state index contributed by atoms with van der Waals surface area (Å²) >= 11 is 0. The molecule has 4 heteroatoms. The number of rotatable bonds is 2. The number of aryl methyl sites for hydroxylation is 1. The van der Waals surface area contributed by atoms with Crippen molar-refractivity contribution in [2.45, 2.75) is 6.92 Å². The van der Waals surface area contributed by atoms with Gasteiger partial charge >= 0.3 is 0 Å². The van der Waals surface area contributed by atoms with E-state index in [0.29, 0.717) is 17.3 Å². The molecule has 2 aromatic heterocycles. The van der Waals surface area contributed by atoms with Gasteiger partial charge < -0.3 is 10.5 Å². The van der Waals surface area contributed by atoms with E-state index in [1.807, 2.05) is 37.3 Å². The summed E-state index contributed by atoms with van der Waals surface area (Å²) in [4.78, 5) is 8.52. The molecule has 0 unspecified atom stereocenters. The summed E-state index contributed by atoms with van der Waals surface area (Å²) in [6, 6.07) is 11.5. The number of fused-ring (bicyclic) bond motifs is 1. The summed E-state index contributed by atoms with van der Waals surface area (Å²) < 4.78 is 5.67. The number of nitrogens with zero attached hydrogens (tertiary/aromatic N) is 2. The molecule has 4 nitrogen and oxygen atoms in total. The Balaban J connectivity index is 1.94. The van der Waals surface area contributed by atoms with E-state index in [2.05, 4.69) is 9.97 Å². The summed E-state index contributed by atoms with van der Waals surface area (Å²) in [6.45, 7) is 1.91. The third-order valence-corrected chi connectivity index (χ3v) is 2.91. The first-order chi connectivity index (χ1) is 9.22. The Morgan fingerprint density at radius 3 is 2.74 bits per heavy atom. The second-order valence-corrected chi connectivity index (χ2v) is 4.34. The quantitative estimate of drug-likeness (QED) is 0.759. The second-order valence-electron chi connectivity index (χ2n) is 4.34. The fraction of sp³-hybridized carbons (Fsp3) is 0.0667. The lowest BCUT2D eigenvalue weighted by molar-refractivity contribution is 0.462. The summed E-state index contributed by atoms with van der Waals surface area (Å²) in [5, 5.41) is 1.03. The highest BCUT2D eigenvalue weighted by atomic mass is 16.5. The van der Waals surface area contributed by atoms with E-state index in [0.717, 1.165) is 16.5 Å². The van der Waals surface area contributed by atoms with Gasteiger partial charge in [0.1, 0.15) is 5.75 Å². The second kappa shape index (κ2) is 4.57. The molecular formula is C15H13N3O. The van der Waals surface area contributed by atoms with Gasteiger partial charge in [-0.3, -0.25) is 4.98 Å². The molecule has 19 heavy (non-hydrogen) atoms. The minimum atomic E-state index is 0.472. The van der Waals surface area contributed by atoms with Gasteiger partial charge in [0.25, 0.3) is 0 Å². The predicted molar refractivity (Wildman–Crippen MR) is 75.2 cm³/mol. The highest BCUT2D eigenvalue weighted by Crippen LogP contribution is 2.24. The SMILES string of the molecule is Cc1cnc(Oc2cnc3ccccc3c2)cc1N. The summed E-state index contributed by atoms with van der Waals surface area (Å²) in [7, 11) is 0. The van der Waals surface area contributed by atoms with E-state index in [1.54, 1.807) is 18.5 Å². The average molecular weight is 251 g/mol. The largest absolute Gasteiger partial charge is 0.437 e. The number of hydrogen-bond donors (Lipinski definition) is 1. The maximum absolute atomic E-state index is 5.83. The number of ether oxygens (including phenoxy) is 1. The van der Waals surface area contributed by atoms with Crippen LogP contribution in [-0.4, -0.2) is 9.97 Å². The molecule has 94 valence electrons. The van der Waals surface area contributed by atoms with Gasteiger partial charge in [-0.05, 0) is 24.6 Å². The van der Waals surface area contributed by atoms with E-state index >= 15 is 0 Å². The van der Waals surface area contributed by atoms with E-state index in [9.17, 15) is 0 Å². The Kier molecular flexibility index (Phi) is 2.76. The summed E-state index contributed by atoms with van der Waals surface area (Å²) in [5.41, 5.74) is 8.37. The Morgan fingerprint density at radius 1 is 1.05 bits per heavy atom. The molecule has 1 aromatic carbocycles. The van der Waals surface area contributed by atoms with Crippen molar-refractivity contribution >= 4 is 16.6 Å². The molecule has 0 fully saturated rings. The first-order valence-corrected chi connectivity index (χ1v) is 5.97. The number of anilines is 1. The highest BCUT2D eigenvalue weighted by Gasteiger charge is 2.03. The zero-order valence-electron chi connectivity index (χ0n) is 10.5. The van der Waals surface area contributed by atoms with Crippen LogP contribution in [0.2, 0.25) is 0 Å². The number of benzene rings is 1. The molecule has 0 amide bonds. The van der Waals surface area contributed by atoms with Crippen LogP contribution >= 0.6 is 0 Å². The van der Waals surface area contributed by atoms with E-state index in [1.165, 1.54) is 0 Å². The Hall–Kier alpha value is -2.62.